The molecule has 1 aromatic carbocycles. The number of halogens is 3. The molecule has 1 unspecified atom stereocenters. The molecule has 1 aliphatic heterocycles. The van der Waals surface area contributed by atoms with Crippen LogP contribution in [0.2, 0.25) is 0 Å². The van der Waals surface area contributed by atoms with E-state index >= 15 is 0 Å². The van der Waals surface area contributed by atoms with Crippen LogP contribution >= 0.6 is 15.9 Å². The molecule has 5 heteroatoms. The SMILES string of the molecule is Fc1cc(Br)cc(F)c1NCC1CCCNC1. The minimum Gasteiger partial charge on any atom is -0.380 e. The van der Waals surface area contributed by atoms with E-state index < -0.39 is 11.6 Å². The van der Waals surface area contributed by atoms with Crippen LogP contribution in [0.3, 0.4) is 0 Å². The molecule has 2 nitrogen and oxygen atoms in total. The van der Waals surface area contributed by atoms with Crippen molar-refractivity contribution in [2.45, 2.75) is 12.8 Å². The average molecular weight is 305 g/mol. The Kier molecular flexibility index (Phi) is 4.34. The van der Waals surface area contributed by atoms with Crippen molar-refractivity contribution in [3.8, 4) is 0 Å². The molecule has 1 saturated heterocycles. The molecule has 0 saturated carbocycles. The van der Waals surface area contributed by atoms with Crippen molar-refractivity contribution in [3.63, 3.8) is 0 Å². The van der Waals surface area contributed by atoms with Gasteiger partial charge in [-0.15, -0.1) is 0 Å². The van der Waals surface area contributed by atoms with Crippen LogP contribution in [0.25, 0.3) is 0 Å². The first-order chi connectivity index (χ1) is 8.16. The maximum atomic E-state index is 13.5. The summed E-state index contributed by atoms with van der Waals surface area (Å²) in [5.41, 5.74) is -0.0289. The molecule has 1 fully saturated rings. The largest absolute Gasteiger partial charge is 0.380 e. The summed E-state index contributed by atoms with van der Waals surface area (Å²) in [6, 6.07) is 2.54. The maximum Gasteiger partial charge on any atom is 0.150 e. The topological polar surface area (TPSA) is 24.1 Å². The molecule has 2 rings (SSSR count). The van der Waals surface area contributed by atoms with Gasteiger partial charge in [-0.05, 0) is 44.0 Å². The van der Waals surface area contributed by atoms with E-state index in [1.54, 1.807) is 0 Å². The van der Waals surface area contributed by atoms with Gasteiger partial charge >= 0.3 is 0 Å². The smallest absolute Gasteiger partial charge is 0.150 e. The highest BCUT2D eigenvalue weighted by Crippen LogP contribution is 2.24. The number of nitrogens with one attached hydrogen (secondary N) is 2. The number of benzene rings is 1. The summed E-state index contributed by atoms with van der Waals surface area (Å²) >= 11 is 3.06. The Hall–Kier alpha value is -0.680. The second-order valence-electron chi connectivity index (χ2n) is 4.34. The molecular weight excluding hydrogens is 290 g/mol. The fourth-order valence-corrected chi connectivity index (χ4v) is 2.46. The molecule has 94 valence electrons. The standard InChI is InChI=1S/C12H15BrF2N2/c13-9-4-10(14)12(11(15)5-9)17-7-8-2-1-3-16-6-8/h4-5,8,16-17H,1-3,6-7H2. The molecule has 0 aromatic heterocycles. The summed E-state index contributed by atoms with van der Waals surface area (Å²) in [4.78, 5) is 0. The number of anilines is 1. The van der Waals surface area contributed by atoms with E-state index in [1.807, 2.05) is 0 Å². The van der Waals surface area contributed by atoms with Crippen LogP contribution in [0.5, 0.6) is 0 Å². The maximum absolute atomic E-state index is 13.5. The van der Waals surface area contributed by atoms with E-state index in [1.165, 1.54) is 12.1 Å². The van der Waals surface area contributed by atoms with Gasteiger partial charge in [-0.2, -0.15) is 0 Å². The third-order valence-corrected chi connectivity index (χ3v) is 3.43. The molecule has 17 heavy (non-hydrogen) atoms. The Bertz CT molecular complexity index is 369. The van der Waals surface area contributed by atoms with Gasteiger partial charge in [0.15, 0.2) is 0 Å². The fraction of sp³-hybridized carbons (Fsp3) is 0.500. The Labute approximate surface area is 108 Å². The minimum absolute atomic E-state index is 0.0289. The van der Waals surface area contributed by atoms with Crippen molar-refractivity contribution in [2.24, 2.45) is 5.92 Å². The van der Waals surface area contributed by atoms with Crippen LogP contribution in [-0.2, 0) is 0 Å². The van der Waals surface area contributed by atoms with E-state index in [-0.39, 0.29) is 5.69 Å². The van der Waals surface area contributed by atoms with Crippen LogP contribution in [0.1, 0.15) is 12.8 Å². The molecule has 0 radical (unpaired) electrons. The lowest BCUT2D eigenvalue weighted by atomic mass is 10.00. The summed E-state index contributed by atoms with van der Waals surface area (Å²) in [6.45, 7) is 2.55. The Morgan fingerprint density at radius 2 is 2.06 bits per heavy atom. The van der Waals surface area contributed by atoms with Gasteiger partial charge in [0.05, 0.1) is 0 Å². The van der Waals surface area contributed by atoms with E-state index in [9.17, 15) is 8.78 Å². The zero-order chi connectivity index (χ0) is 12.3. The summed E-state index contributed by atoms with van der Waals surface area (Å²) in [5.74, 6) is -0.674. The quantitative estimate of drug-likeness (QED) is 0.896. The van der Waals surface area contributed by atoms with Crippen molar-refractivity contribution in [1.82, 2.24) is 5.32 Å². The minimum atomic E-state index is -0.555. The Morgan fingerprint density at radius 1 is 1.35 bits per heavy atom. The molecule has 2 N–H and O–H groups in total. The summed E-state index contributed by atoms with van der Waals surface area (Å²) in [6.07, 6.45) is 2.22. The van der Waals surface area contributed by atoms with Crippen molar-refractivity contribution in [1.29, 1.82) is 0 Å². The molecule has 0 aliphatic carbocycles. The first-order valence-corrected chi connectivity index (χ1v) is 6.55. The van der Waals surface area contributed by atoms with Gasteiger partial charge in [-0.1, -0.05) is 15.9 Å². The van der Waals surface area contributed by atoms with Gasteiger partial charge in [-0.3, -0.25) is 0 Å². The molecule has 1 heterocycles. The third kappa shape index (κ3) is 3.39. The zero-order valence-electron chi connectivity index (χ0n) is 9.40. The van der Waals surface area contributed by atoms with E-state index in [0.717, 1.165) is 25.9 Å². The van der Waals surface area contributed by atoms with E-state index in [0.29, 0.717) is 16.9 Å². The van der Waals surface area contributed by atoms with Gasteiger partial charge in [0.1, 0.15) is 17.3 Å². The van der Waals surface area contributed by atoms with Crippen LogP contribution in [0.4, 0.5) is 14.5 Å². The lowest BCUT2D eigenvalue weighted by Gasteiger charge is -2.23. The lowest BCUT2D eigenvalue weighted by molar-refractivity contribution is 0.392. The predicted octanol–water partition coefficient (Wildman–Crippen LogP) is 3.14. The monoisotopic (exact) mass is 304 g/mol. The number of piperidine rings is 1. The van der Waals surface area contributed by atoms with Crippen LogP contribution in [0, 0.1) is 17.6 Å². The number of hydrogen-bond donors (Lipinski definition) is 2. The van der Waals surface area contributed by atoms with Crippen LogP contribution < -0.4 is 10.6 Å². The van der Waals surface area contributed by atoms with Gasteiger partial charge in [0, 0.05) is 11.0 Å². The van der Waals surface area contributed by atoms with Crippen molar-refractivity contribution < 1.29 is 8.78 Å². The van der Waals surface area contributed by atoms with Crippen molar-refractivity contribution in [2.75, 3.05) is 25.0 Å². The summed E-state index contributed by atoms with van der Waals surface area (Å²) in [5, 5.41) is 6.14. The summed E-state index contributed by atoms with van der Waals surface area (Å²) in [7, 11) is 0. The molecular formula is C12H15BrF2N2. The van der Waals surface area contributed by atoms with Gasteiger partial charge in [-0.25, -0.2) is 8.78 Å². The van der Waals surface area contributed by atoms with Crippen LogP contribution in [-0.4, -0.2) is 19.6 Å². The lowest BCUT2D eigenvalue weighted by Crippen LogP contribution is -2.33. The Morgan fingerprint density at radius 3 is 2.65 bits per heavy atom. The van der Waals surface area contributed by atoms with Gasteiger partial charge < -0.3 is 10.6 Å². The molecule has 0 spiro atoms. The van der Waals surface area contributed by atoms with Gasteiger partial charge in [0.2, 0.25) is 0 Å². The average Bonchev–Trinajstić information content (AvgIpc) is 2.29. The first-order valence-electron chi connectivity index (χ1n) is 5.76. The van der Waals surface area contributed by atoms with Crippen LogP contribution in [0.15, 0.2) is 16.6 Å². The van der Waals surface area contributed by atoms with E-state index in [4.69, 9.17) is 0 Å². The third-order valence-electron chi connectivity index (χ3n) is 2.97. The molecule has 0 bridgehead atoms. The predicted molar refractivity (Wildman–Crippen MR) is 68.1 cm³/mol. The molecule has 1 aliphatic rings. The second kappa shape index (κ2) is 5.78. The number of rotatable bonds is 3. The van der Waals surface area contributed by atoms with Crippen molar-refractivity contribution in [3.05, 3.63) is 28.2 Å². The highest BCUT2D eigenvalue weighted by molar-refractivity contribution is 9.10. The first kappa shape index (κ1) is 12.8. The van der Waals surface area contributed by atoms with E-state index in [2.05, 4.69) is 26.6 Å². The fourth-order valence-electron chi connectivity index (χ4n) is 2.06. The molecule has 1 atom stereocenters. The number of hydrogen-bond acceptors (Lipinski definition) is 2. The zero-order valence-corrected chi connectivity index (χ0v) is 11.0. The second-order valence-corrected chi connectivity index (χ2v) is 5.25. The summed E-state index contributed by atoms with van der Waals surface area (Å²) < 4.78 is 27.4. The normalized spacial score (nSPS) is 20.3. The molecule has 1 aromatic rings. The van der Waals surface area contributed by atoms with Gasteiger partial charge in [0.25, 0.3) is 0 Å². The highest BCUT2D eigenvalue weighted by Gasteiger charge is 2.15. The highest BCUT2D eigenvalue weighted by atomic mass is 79.9. The Balaban J connectivity index is 1.98. The van der Waals surface area contributed by atoms with Crippen molar-refractivity contribution >= 4 is 21.6 Å². The molecule has 0 amide bonds.